The van der Waals surface area contributed by atoms with E-state index in [1.165, 1.54) is 19.3 Å². The number of nitriles is 1. The lowest BCUT2D eigenvalue weighted by Crippen LogP contribution is -2.62. The molecule has 0 radical (unpaired) electrons. The van der Waals surface area contributed by atoms with Gasteiger partial charge >= 0.3 is 0 Å². The van der Waals surface area contributed by atoms with Crippen LogP contribution < -0.4 is 21.3 Å². The topological polar surface area (TPSA) is 109 Å². The van der Waals surface area contributed by atoms with Gasteiger partial charge in [0.25, 0.3) is 0 Å². The third-order valence-corrected chi connectivity index (χ3v) is 6.70. The summed E-state index contributed by atoms with van der Waals surface area (Å²) in [5.41, 5.74) is -0.830. The zero-order valence-electron chi connectivity index (χ0n) is 17.6. The first kappa shape index (κ1) is 22.0. The van der Waals surface area contributed by atoms with Gasteiger partial charge in [0, 0.05) is 32.7 Å². The van der Waals surface area contributed by atoms with Crippen molar-refractivity contribution in [3.05, 3.63) is 0 Å². The number of nitrogens with zero attached hydrogens (tertiary/aromatic N) is 2. The molecule has 8 nitrogen and oxygen atoms in total. The molecule has 2 amide bonds. The van der Waals surface area contributed by atoms with Crippen molar-refractivity contribution >= 4 is 11.8 Å². The number of carbonyl (C=O) groups excluding carboxylic acids is 2. The van der Waals surface area contributed by atoms with E-state index in [1.54, 1.807) is 0 Å². The normalized spacial score (nSPS) is 26.8. The number of amides is 2. The number of carbonyl (C=O) groups is 2. The van der Waals surface area contributed by atoms with Crippen molar-refractivity contribution in [3.8, 4) is 6.07 Å². The Morgan fingerprint density at radius 3 is 2.55 bits per heavy atom. The van der Waals surface area contributed by atoms with Crippen LogP contribution in [0.15, 0.2) is 0 Å². The zero-order chi connectivity index (χ0) is 20.7. The molecule has 0 bridgehead atoms. The van der Waals surface area contributed by atoms with E-state index in [9.17, 15) is 14.9 Å². The molecule has 2 atom stereocenters. The fraction of sp³-hybridized carbons (Fsp3) is 0.857. The molecule has 1 aliphatic carbocycles. The SMILES string of the molecule is CN1CCC(C#N)(NC(=O)C(CC2CCCCC2)NC(=O)C2CNCCN2)CC1. The molecule has 8 heteroatoms. The average Bonchev–Trinajstić information content (AvgIpc) is 2.76. The summed E-state index contributed by atoms with van der Waals surface area (Å²) in [5, 5.41) is 22.2. The largest absolute Gasteiger partial charge is 0.343 e. The van der Waals surface area contributed by atoms with Gasteiger partial charge in [-0.25, -0.2) is 0 Å². The van der Waals surface area contributed by atoms with E-state index in [-0.39, 0.29) is 17.9 Å². The summed E-state index contributed by atoms with van der Waals surface area (Å²) in [5.74, 6) is 0.106. The standard InChI is InChI=1S/C21H36N6O2/c1-27-11-7-21(15-22,8-12-27)26-20(29)17(13-16-5-3-2-4-6-16)25-19(28)18-14-23-9-10-24-18/h16-18,23-24H,2-14H2,1H3,(H,25,28)(H,26,29). The average molecular weight is 405 g/mol. The first-order chi connectivity index (χ1) is 14.0. The van der Waals surface area contributed by atoms with Gasteiger partial charge in [-0.1, -0.05) is 32.1 Å². The maximum atomic E-state index is 13.2. The lowest BCUT2D eigenvalue weighted by Gasteiger charge is -2.37. The van der Waals surface area contributed by atoms with E-state index < -0.39 is 11.6 Å². The molecule has 3 rings (SSSR count). The van der Waals surface area contributed by atoms with Crippen molar-refractivity contribution in [2.45, 2.75) is 69.0 Å². The Hall–Kier alpha value is -1.69. The van der Waals surface area contributed by atoms with Gasteiger partial charge in [0.05, 0.1) is 12.1 Å². The molecule has 0 aromatic carbocycles. The Bertz CT molecular complexity index is 599. The summed E-state index contributed by atoms with van der Waals surface area (Å²) in [7, 11) is 2.03. The highest BCUT2D eigenvalue weighted by Crippen LogP contribution is 2.28. The van der Waals surface area contributed by atoms with E-state index >= 15 is 0 Å². The number of hydrogen-bond donors (Lipinski definition) is 4. The number of rotatable bonds is 6. The van der Waals surface area contributed by atoms with Crippen molar-refractivity contribution in [2.75, 3.05) is 39.8 Å². The lowest BCUT2D eigenvalue weighted by atomic mass is 9.84. The second kappa shape index (κ2) is 10.4. The molecular formula is C21H36N6O2. The van der Waals surface area contributed by atoms with Crippen LogP contribution in [0.25, 0.3) is 0 Å². The molecule has 2 heterocycles. The summed E-state index contributed by atoms with van der Waals surface area (Å²) < 4.78 is 0. The lowest BCUT2D eigenvalue weighted by molar-refractivity contribution is -0.131. The van der Waals surface area contributed by atoms with Crippen LogP contribution in [0.3, 0.4) is 0 Å². The molecule has 0 aromatic heterocycles. The quantitative estimate of drug-likeness (QED) is 0.500. The van der Waals surface area contributed by atoms with E-state index in [4.69, 9.17) is 0 Å². The van der Waals surface area contributed by atoms with Crippen molar-refractivity contribution in [3.63, 3.8) is 0 Å². The van der Waals surface area contributed by atoms with Gasteiger partial charge in [-0.3, -0.25) is 9.59 Å². The summed E-state index contributed by atoms with van der Waals surface area (Å²) in [4.78, 5) is 28.2. The van der Waals surface area contributed by atoms with Crippen LogP contribution in [0, 0.1) is 17.2 Å². The minimum Gasteiger partial charge on any atom is -0.343 e. The predicted molar refractivity (Wildman–Crippen MR) is 111 cm³/mol. The molecule has 3 fully saturated rings. The molecule has 4 N–H and O–H groups in total. The number of likely N-dealkylation sites (tertiary alicyclic amines) is 1. The van der Waals surface area contributed by atoms with Gasteiger partial charge < -0.3 is 26.2 Å². The third kappa shape index (κ3) is 6.14. The Balaban J connectivity index is 1.66. The van der Waals surface area contributed by atoms with Crippen LogP contribution in [-0.4, -0.2) is 74.1 Å². The van der Waals surface area contributed by atoms with Gasteiger partial charge in [-0.15, -0.1) is 0 Å². The number of hydrogen-bond acceptors (Lipinski definition) is 6. The Morgan fingerprint density at radius 2 is 1.93 bits per heavy atom. The highest BCUT2D eigenvalue weighted by Gasteiger charge is 2.38. The minimum absolute atomic E-state index is 0.137. The highest BCUT2D eigenvalue weighted by atomic mass is 16.2. The summed E-state index contributed by atoms with van der Waals surface area (Å²) in [6.45, 7) is 3.71. The molecule has 29 heavy (non-hydrogen) atoms. The van der Waals surface area contributed by atoms with Gasteiger partial charge in [0.15, 0.2) is 0 Å². The van der Waals surface area contributed by atoms with Crippen LogP contribution in [-0.2, 0) is 9.59 Å². The van der Waals surface area contributed by atoms with Crippen molar-refractivity contribution in [2.24, 2.45) is 5.92 Å². The molecule has 1 saturated carbocycles. The predicted octanol–water partition coefficient (Wildman–Crippen LogP) is 0.107. The molecule has 2 aliphatic heterocycles. The third-order valence-electron chi connectivity index (χ3n) is 6.70. The fourth-order valence-corrected chi connectivity index (χ4v) is 4.69. The molecular weight excluding hydrogens is 368 g/mol. The number of piperidine rings is 1. The molecule has 2 saturated heterocycles. The molecule has 0 spiro atoms. The van der Waals surface area contributed by atoms with Crippen LogP contribution >= 0.6 is 0 Å². The van der Waals surface area contributed by atoms with Gasteiger partial charge in [0.1, 0.15) is 11.6 Å². The van der Waals surface area contributed by atoms with Crippen LogP contribution in [0.5, 0.6) is 0 Å². The van der Waals surface area contributed by atoms with E-state index in [0.717, 1.165) is 39.0 Å². The van der Waals surface area contributed by atoms with E-state index in [2.05, 4.69) is 32.2 Å². The fourth-order valence-electron chi connectivity index (χ4n) is 4.69. The van der Waals surface area contributed by atoms with Crippen LogP contribution in [0.1, 0.15) is 51.4 Å². The van der Waals surface area contributed by atoms with E-state index in [0.29, 0.717) is 31.7 Å². The summed E-state index contributed by atoms with van der Waals surface area (Å²) >= 11 is 0. The number of piperazine rings is 1. The smallest absolute Gasteiger partial charge is 0.243 e. The Kier molecular flexibility index (Phi) is 7.87. The highest BCUT2D eigenvalue weighted by molar-refractivity contribution is 5.90. The zero-order valence-corrected chi connectivity index (χ0v) is 17.6. The van der Waals surface area contributed by atoms with Crippen LogP contribution in [0.4, 0.5) is 0 Å². The second-order valence-electron chi connectivity index (χ2n) is 9.00. The van der Waals surface area contributed by atoms with Crippen molar-refractivity contribution < 1.29 is 9.59 Å². The number of nitrogens with one attached hydrogen (secondary N) is 4. The Labute approximate surface area is 174 Å². The first-order valence-electron chi connectivity index (χ1n) is 11.2. The molecule has 3 aliphatic rings. The summed E-state index contributed by atoms with van der Waals surface area (Å²) in [6.07, 6.45) is 7.73. The maximum absolute atomic E-state index is 13.2. The van der Waals surface area contributed by atoms with Gasteiger partial charge in [-0.2, -0.15) is 5.26 Å². The first-order valence-corrected chi connectivity index (χ1v) is 11.2. The van der Waals surface area contributed by atoms with Crippen molar-refractivity contribution in [1.82, 2.24) is 26.2 Å². The Morgan fingerprint density at radius 1 is 1.21 bits per heavy atom. The molecule has 0 aromatic rings. The minimum atomic E-state index is -0.830. The van der Waals surface area contributed by atoms with Crippen molar-refractivity contribution in [1.29, 1.82) is 5.26 Å². The molecule has 2 unspecified atom stereocenters. The van der Waals surface area contributed by atoms with E-state index in [1.807, 2.05) is 7.05 Å². The van der Waals surface area contributed by atoms with Gasteiger partial charge in [0.2, 0.25) is 11.8 Å². The summed E-state index contributed by atoms with van der Waals surface area (Å²) in [6, 6.07) is 1.45. The monoisotopic (exact) mass is 404 g/mol. The van der Waals surface area contributed by atoms with Gasteiger partial charge in [-0.05, 0) is 32.2 Å². The maximum Gasteiger partial charge on any atom is 0.243 e. The second-order valence-corrected chi connectivity index (χ2v) is 9.00. The van der Waals surface area contributed by atoms with Crippen LogP contribution in [0.2, 0.25) is 0 Å². The molecule has 162 valence electrons.